The van der Waals surface area contributed by atoms with Crippen molar-refractivity contribution in [2.24, 2.45) is 0 Å². The van der Waals surface area contributed by atoms with Crippen molar-refractivity contribution >= 4 is 21.6 Å². The Hall–Kier alpha value is -1.60. The van der Waals surface area contributed by atoms with Crippen LogP contribution < -0.4 is 4.31 Å². The predicted octanol–water partition coefficient (Wildman–Crippen LogP) is 0.785. The van der Waals surface area contributed by atoms with Gasteiger partial charge in [-0.15, -0.1) is 0 Å². The Bertz CT molecular complexity index is 724. The minimum atomic E-state index is -3.29. The van der Waals surface area contributed by atoms with Crippen LogP contribution in [0.2, 0.25) is 0 Å². The minimum Gasteiger partial charge on any atom is -0.336 e. The summed E-state index contributed by atoms with van der Waals surface area (Å²) in [5, 5.41) is 0. The van der Waals surface area contributed by atoms with Crippen molar-refractivity contribution < 1.29 is 13.2 Å². The van der Waals surface area contributed by atoms with E-state index < -0.39 is 10.0 Å². The Labute approximate surface area is 137 Å². The lowest BCUT2D eigenvalue weighted by Crippen LogP contribution is -2.47. The molecule has 2 heterocycles. The van der Waals surface area contributed by atoms with Crippen LogP contribution in [0, 0.1) is 0 Å². The van der Waals surface area contributed by atoms with E-state index in [-0.39, 0.29) is 11.9 Å². The highest BCUT2D eigenvalue weighted by molar-refractivity contribution is 7.92. The molecule has 23 heavy (non-hydrogen) atoms. The average molecular weight is 337 g/mol. The lowest BCUT2D eigenvalue weighted by molar-refractivity contribution is 0.0664. The number of fused-ring (bicyclic) bond motifs is 1. The monoisotopic (exact) mass is 337 g/mol. The van der Waals surface area contributed by atoms with E-state index in [1.807, 2.05) is 17.9 Å². The topological polar surface area (TPSA) is 60.9 Å². The number of sulfonamides is 1. The van der Waals surface area contributed by atoms with Crippen LogP contribution in [-0.2, 0) is 16.4 Å². The first-order valence-corrected chi connectivity index (χ1v) is 9.72. The van der Waals surface area contributed by atoms with Gasteiger partial charge in [0, 0.05) is 37.8 Å². The van der Waals surface area contributed by atoms with Crippen LogP contribution in [0.5, 0.6) is 0 Å². The summed E-state index contributed by atoms with van der Waals surface area (Å²) >= 11 is 0. The summed E-state index contributed by atoms with van der Waals surface area (Å²) in [6.07, 6.45) is 1.87. The molecule has 0 radical (unpaired) electrons. The fraction of sp³-hybridized carbons (Fsp3) is 0.562. The van der Waals surface area contributed by atoms with Gasteiger partial charge in [-0.1, -0.05) is 0 Å². The van der Waals surface area contributed by atoms with Gasteiger partial charge in [-0.05, 0) is 44.2 Å². The van der Waals surface area contributed by atoms with Crippen LogP contribution in [0.1, 0.15) is 22.8 Å². The Morgan fingerprint density at radius 2 is 1.83 bits per heavy atom. The molecule has 1 atom stereocenters. The SMILES string of the molecule is C[C@@H]1Cc2cc(C(=O)N3CCN(C)CC3)ccc2N1S(C)(=O)=O. The van der Waals surface area contributed by atoms with Crippen molar-refractivity contribution in [2.45, 2.75) is 19.4 Å². The highest BCUT2D eigenvalue weighted by Crippen LogP contribution is 2.34. The third-order valence-electron chi connectivity index (χ3n) is 4.63. The van der Waals surface area contributed by atoms with Gasteiger partial charge < -0.3 is 9.80 Å². The summed E-state index contributed by atoms with van der Waals surface area (Å²) in [7, 11) is -1.24. The molecule has 0 bridgehead atoms. The number of likely N-dealkylation sites (N-methyl/N-ethyl adjacent to an activating group) is 1. The molecule has 0 aromatic heterocycles. The highest BCUT2D eigenvalue weighted by atomic mass is 32.2. The van der Waals surface area contributed by atoms with Gasteiger partial charge in [0.05, 0.1) is 11.9 Å². The van der Waals surface area contributed by atoms with Gasteiger partial charge in [-0.3, -0.25) is 9.10 Å². The molecule has 7 heteroatoms. The number of anilines is 1. The molecule has 1 fully saturated rings. The summed E-state index contributed by atoms with van der Waals surface area (Å²) in [5.41, 5.74) is 2.29. The predicted molar refractivity (Wildman–Crippen MR) is 90.3 cm³/mol. The number of carbonyl (C=O) groups excluding carboxylic acids is 1. The quantitative estimate of drug-likeness (QED) is 0.800. The lowest BCUT2D eigenvalue weighted by atomic mass is 10.1. The van der Waals surface area contributed by atoms with Gasteiger partial charge >= 0.3 is 0 Å². The van der Waals surface area contributed by atoms with Gasteiger partial charge in [-0.25, -0.2) is 8.42 Å². The van der Waals surface area contributed by atoms with E-state index in [9.17, 15) is 13.2 Å². The summed E-state index contributed by atoms with van der Waals surface area (Å²) in [6, 6.07) is 5.27. The summed E-state index contributed by atoms with van der Waals surface area (Å²) in [4.78, 5) is 16.7. The number of hydrogen-bond acceptors (Lipinski definition) is 4. The molecule has 0 aliphatic carbocycles. The van der Waals surface area contributed by atoms with Gasteiger partial charge in [0.25, 0.3) is 5.91 Å². The molecular weight excluding hydrogens is 314 g/mol. The molecule has 1 aromatic carbocycles. The zero-order chi connectivity index (χ0) is 16.8. The van der Waals surface area contributed by atoms with E-state index in [4.69, 9.17) is 0 Å². The smallest absolute Gasteiger partial charge is 0.253 e. The van der Waals surface area contributed by atoms with E-state index in [1.165, 1.54) is 10.6 Å². The maximum absolute atomic E-state index is 12.6. The second kappa shape index (κ2) is 5.79. The van der Waals surface area contributed by atoms with Crippen molar-refractivity contribution in [3.63, 3.8) is 0 Å². The number of hydrogen-bond donors (Lipinski definition) is 0. The van der Waals surface area contributed by atoms with Gasteiger partial charge in [-0.2, -0.15) is 0 Å². The van der Waals surface area contributed by atoms with Crippen LogP contribution in [0.15, 0.2) is 18.2 Å². The lowest BCUT2D eigenvalue weighted by Gasteiger charge is -2.32. The molecule has 1 amide bonds. The van der Waals surface area contributed by atoms with Crippen LogP contribution in [0.25, 0.3) is 0 Å². The third kappa shape index (κ3) is 3.07. The number of rotatable bonds is 2. The molecule has 0 unspecified atom stereocenters. The van der Waals surface area contributed by atoms with E-state index in [0.29, 0.717) is 17.7 Å². The Morgan fingerprint density at radius 3 is 2.43 bits per heavy atom. The Kier molecular flexibility index (Phi) is 4.10. The molecule has 6 nitrogen and oxygen atoms in total. The maximum Gasteiger partial charge on any atom is 0.253 e. The average Bonchev–Trinajstić information content (AvgIpc) is 2.82. The molecule has 2 aliphatic heterocycles. The molecule has 0 N–H and O–H groups in total. The summed E-state index contributed by atoms with van der Waals surface area (Å²) in [6.45, 7) is 5.13. The Balaban J connectivity index is 1.85. The number of benzene rings is 1. The first-order chi connectivity index (χ1) is 10.8. The van der Waals surface area contributed by atoms with E-state index in [2.05, 4.69) is 11.9 Å². The molecule has 0 saturated carbocycles. The van der Waals surface area contributed by atoms with E-state index in [0.717, 1.165) is 31.7 Å². The number of carbonyl (C=O) groups is 1. The maximum atomic E-state index is 12.6. The number of amides is 1. The van der Waals surface area contributed by atoms with E-state index in [1.54, 1.807) is 12.1 Å². The van der Waals surface area contributed by atoms with Crippen molar-refractivity contribution in [3.8, 4) is 0 Å². The summed E-state index contributed by atoms with van der Waals surface area (Å²) < 4.78 is 25.4. The molecular formula is C16H23N3O3S. The molecule has 126 valence electrons. The summed E-state index contributed by atoms with van der Waals surface area (Å²) in [5.74, 6) is 0.0337. The minimum absolute atomic E-state index is 0.0337. The van der Waals surface area contributed by atoms with Crippen molar-refractivity contribution in [1.29, 1.82) is 0 Å². The number of piperazine rings is 1. The molecule has 1 aromatic rings. The van der Waals surface area contributed by atoms with Gasteiger partial charge in [0.15, 0.2) is 0 Å². The molecule has 0 spiro atoms. The standard InChI is InChI=1S/C16H23N3O3S/c1-12-10-14-11-13(4-5-15(14)19(12)23(3,21)22)16(20)18-8-6-17(2)7-9-18/h4-5,11-12H,6-10H2,1-3H3/t12-/m1/s1. The fourth-order valence-electron chi connectivity index (χ4n) is 3.43. The first-order valence-electron chi connectivity index (χ1n) is 7.87. The molecule has 1 saturated heterocycles. The van der Waals surface area contributed by atoms with Crippen LogP contribution in [-0.4, -0.2) is 69.6 Å². The van der Waals surface area contributed by atoms with Crippen LogP contribution in [0.3, 0.4) is 0 Å². The fourth-order valence-corrected chi connectivity index (χ4v) is 4.70. The normalized spacial score (nSPS) is 22.3. The third-order valence-corrected chi connectivity index (χ3v) is 5.90. The largest absolute Gasteiger partial charge is 0.336 e. The van der Waals surface area contributed by atoms with Gasteiger partial charge in [0.1, 0.15) is 0 Å². The van der Waals surface area contributed by atoms with Gasteiger partial charge in [0.2, 0.25) is 10.0 Å². The zero-order valence-corrected chi connectivity index (χ0v) is 14.6. The Morgan fingerprint density at radius 1 is 1.17 bits per heavy atom. The van der Waals surface area contributed by atoms with E-state index >= 15 is 0 Å². The van der Waals surface area contributed by atoms with Crippen molar-refractivity contribution in [3.05, 3.63) is 29.3 Å². The second-order valence-electron chi connectivity index (χ2n) is 6.55. The van der Waals surface area contributed by atoms with Crippen LogP contribution >= 0.6 is 0 Å². The first kappa shape index (κ1) is 16.3. The second-order valence-corrected chi connectivity index (χ2v) is 8.41. The van der Waals surface area contributed by atoms with Crippen molar-refractivity contribution in [1.82, 2.24) is 9.80 Å². The zero-order valence-electron chi connectivity index (χ0n) is 13.8. The molecule has 3 rings (SSSR count). The molecule has 2 aliphatic rings. The van der Waals surface area contributed by atoms with Crippen LogP contribution in [0.4, 0.5) is 5.69 Å². The number of nitrogens with zero attached hydrogens (tertiary/aromatic N) is 3. The van der Waals surface area contributed by atoms with Crippen molar-refractivity contribution in [2.75, 3.05) is 43.8 Å². The highest BCUT2D eigenvalue weighted by Gasteiger charge is 2.33.